The van der Waals surface area contributed by atoms with E-state index in [1.54, 1.807) is 6.07 Å². The molecule has 100 valence electrons. The summed E-state index contributed by atoms with van der Waals surface area (Å²) in [4.78, 5) is 0. The molecule has 1 aromatic carbocycles. The first kappa shape index (κ1) is 18.3. The maximum atomic E-state index is 13.6. The lowest BCUT2D eigenvalue weighted by Gasteiger charge is -2.14. The van der Waals surface area contributed by atoms with E-state index in [2.05, 4.69) is 0 Å². The minimum Gasteiger partial charge on any atom is -0.396 e. The van der Waals surface area contributed by atoms with Gasteiger partial charge in [0.1, 0.15) is 5.82 Å². The first-order chi connectivity index (χ1) is 7.95. The van der Waals surface area contributed by atoms with Gasteiger partial charge in [-0.3, -0.25) is 0 Å². The van der Waals surface area contributed by atoms with Gasteiger partial charge in [-0.1, -0.05) is 41.5 Å². The highest BCUT2D eigenvalue weighted by atomic mass is 19.1. The summed E-state index contributed by atoms with van der Waals surface area (Å²) in [5, 5.41) is 0. The molecule has 0 fully saturated rings. The predicted molar refractivity (Wildman–Crippen MR) is 77.1 cm³/mol. The molecule has 0 aromatic heterocycles. The largest absolute Gasteiger partial charge is 0.396 e. The molecule has 1 nitrogen and oxygen atoms in total. The van der Waals surface area contributed by atoms with Gasteiger partial charge in [-0.25, -0.2) is 4.39 Å². The molecule has 0 amide bonds. The number of nitrogen functional groups attached to an aromatic ring is 1. The van der Waals surface area contributed by atoms with Crippen LogP contribution in [0.15, 0.2) is 6.07 Å². The third-order valence-electron chi connectivity index (χ3n) is 2.43. The molecule has 2 heteroatoms. The standard InChI is InChI=1S/C11H16FN.2C2H6/c1-6(2)10-8(4)7(3)5-9(13)11(10)12;2*1-2/h5-6H,13H2,1-4H3;2*1-2H3. The molecule has 0 aliphatic heterocycles. The summed E-state index contributed by atoms with van der Waals surface area (Å²) < 4.78 is 13.6. The fourth-order valence-corrected chi connectivity index (χ4v) is 1.62. The number of hydrogen-bond donors (Lipinski definition) is 1. The fraction of sp³-hybridized carbons (Fsp3) is 0.600. The summed E-state index contributed by atoms with van der Waals surface area (Å²) in [6, 6.07) is 1.69. The van der Waals surface area contributed by atoms with E-state index in [9.17, 15) is 4.39 Å². The monoisotopic (exact) mass is 241 g/mol. The van der Waals surface area contributed by atoms with Gasteiger partial charge in [0.25, 0.3) is 0 Å². The Morgan fingerprint density at radius 1 is 1.06 bits per heavy atom. The normalized spacial score (nSPS) is 9.06. The zero-order valence-corrected chi connectivity index (χ0v) is 12.6. The second kappa shape index (κ2) is 9.03. The minimum absolute atomic E-state index is 0.183. The summed E-state index contributed by atoms with van der Waals surface area (Å²) in [6.07, 6.45) is 0. The van der Waals surface area contributed by atoms with Crippen LogP contribution in [0.3, 0.4) is 0 Å². The molecular weight excluding hydrogens is 213 g/mol. The first-order valence-corrected chi connectivity index (χ1v) is 6.50. The molecule has 1 aromatic rings. The Bertz CT molecular complexity index is 304. The second-order valence-electron chi connectivity index (χ2n) is 3.79. The van der Waals surface area contributed by atoms with Crippen molar-refractivity contribution in [3.63, 3.8) is 0 Å². The molecule has 0 unspecified atom stereocenters. The van der Waals surface area contributed by atoms with Gasteiger partial charge in [-0.15, -0.1) is 0 Å². The number of benzene rings is 1. The Labute approximate surface area is 106 Å². The molecule has 0 atom stereocenters. The van der Waals surface area contributed by atoms with Crippen LogP contribution >= 0.6 is 0 Å². The summed E-state index contributed by atoms with van der Waals surface area (Å²) >= 11 is 0. The quantitative estimate of drug-likeness (QED) is 0.672. The molecule has 0 aliphatic carbocycles. The van der Waals surface area contributed by atoms with Crippen molar-refractivity contribution in [2.24, 2.45) is 0 Å². The highest BCUT2D eigenvalue weighted by Gasteiger charge is 2.14. The van der Waals surface area contributed by atoms with Crippen molar-refractivity contribution in [2.75, 3.05) is 5.73 Å². The van der Waals surface area contributed by atoms with Gasteiger partial charge in [-0.2, -0.15) is 0 Å². The maximum absolute atomic E-state index is 13.6. The third-order valence-corrected chi connectivity index (χ3v) is 2.43. The van der Waals surface area contributed by atoms with Gasteiger partial charge in [-0.05, 0) is 42.5 Å². The lowest BCUT2D eigenvalue weighted by molar-refractivity contribution is 0.599. The highest BCUT2D eigenvalue weighted by molar-refractivity contribution is 5.51. The summed E-state index contributed by atoms with van der Waals surface area (Å²) in [7, 11) is 0. The van der Waals surface area contributed by atoms with Crippen LogP contribution in [0, 0.1) is 19.7 Å². The smallest absolute Gasteiger partial charge is 0.149 e. The molecule has 0 saturated heterocycles. The summed E-state index contributed by atoms with van der Waals surface area (Å²) in [5.74, 6) is -0.0692. The molecular formula is C15H28FN. The molecule has 17 heavy (non-hydrogen) atoms. The number of aryl methyl sites for hydroxylation is 1. The van der Waals surface area contributed by atoms with Gasteiger partial charge < -0.3 is 5.73 Å². The summed E-state index contributed by atoms with van der Waals surface area (Å²) in [5.41, 5.74) is 8.63. The van der Waals surface area contributed by atoms with Crippen molar-refractivity contribution in [1.82, 2.24) is 0 Å². The Balaban J connectivity index is 0. The van der Waals surface area contributed by atoms with E-state index in [-0.39, 0.29) is 17.4 Å². The Morgan fingerprint density at radius 3 is 1.82 bits per heavy atom. The van der Waals surface area contributed by atoms with Crippen molar-refractivity contribution >= 4 is 5.69 Å². The average molecular weight is 241 g/mol. The second-order valence-corrected chi connectivity index (χ2v) is 3.79. The van der Waals surface area contributed by atoms with E-state index in [0.29, 0.717) is 0 Å². The van der Waals surface area contributed by atoms with Gasteiger partial charge in [0.2, 0.25) is 0 Å². The van der Waals surface area contributed by atoms with E-state index in [1.807, 2.05) is 55.4 Å². The van der Waals surface area contributed by atoms with Crippen LogP contribution in [0.4, 0.5) is 10.1 Å². The van der Waals surface area contributed by atoms with E-state index in [0.717, 1.165) is 16.7 Å². The SMILES string of the molecule is CC.CC.Cc1cc(N)c(F)c(C(C)C)c1C. The van der Waals surface area contributed by atoms with Crippen LogP contribution in [0.25, 0.3) is 0 Å². The zero-order chi connectivity index (χ0) is 14.2. The topological polar surface area (TPSA) is 26.0 Å². The van der Waals surface area contributed by atoms with E-state index in [4.69, 9.17) is 5.73 Å². The number of hydrogen-bond acceptors (Lipinski definition) is 1. The van der Waals surface area contributed by atoms with E-state index < -0.39 is 0 Å². The maximum Gasteiger partial charge on any atom is 0.149 e. The Kier molecular flexibility index (Phi) is 9.73. The lowest BCUT2D eigenvalue weighted by atomic mass is 9.93. The molecule has 0 saturated carbocycles. The molecule has 0 heterocycles. The number of anilines is 1. The molecule has 0 spiro atoms. The van der Waals surface area contributed by atoms with Crippen molar-refractivity contribution < 1.29 is 4.39 Å². The number of halogens is 1. The van der Waals surface area contributed by atoms with E-state index in [1.165, 1.54) is 0 Å². The highest BCUT2D eigenvalue weighted by Crippen LogP contribution is 2.28. The van der Waals surface area contributed by atoms with Gasteiger partial charge in [0, 0.05) is 0 Å². The van der Waals surface area contributed by atoms with Crippen molar-refractivity contribution in [2.45, 2.75) is 61.3 Å². The van der Waals surface area contributed by atoms with Gasteiger partial charge in [0.15, 0.2) is 0 Å². The van der Waals surface area contributed by atoms with Crippen LogP contribution in [0.5, 0.6) is 0 Å². The van der Waals surface area contributed by atoms with E-state index >= 15 is 0 Å². The van der Waals surface area contributed by atoms with Crippen LogP contribution in [-0.2, 0) is 0 Å². The Hall–Kier alpha value is -1.05. The van der Waals surface area contributed by atoms with Crippen LogP contribution in [0.1, 0.15) is 64.2 Å². The number of nitrogens with two attached hydrogens (primary N) is 1. The molecule has 2 N–H and O–H groups in total. The Morgan fingerprint density at radius 2 is 1.47 bits per heavy atom. The number of rotatable bonds is 1. The predicted octanol–water partition coefficient (Wildman–Crippen LogP) is 5.20. The van der Waals surface area contributed by atoms with Crippen molar-refractivity contribution in [1.29, 1.82) is 0 Å². The molecule has 1 rings (SSSR count). The molecule has 0 bridgehead atoms. The molecule has 0 radical (unpaired) electrons. The van der Waals surface area contributed by atoms with Gasteiger partial charge in [0.05, 0.1) is 5.69 Å². The van der Waals surface area contributed by atoms with Crippen molar-refractivity contribution in [3.05, 3.63) is 28.6 Å². The van der Waals surface area contributed by atoms with Crippen LogP contribution < -0.4 is 5.73 Å². The van der Waals surface area contributed by atoms with Crippen LogP contribution in [0.2, 0.25) is 0 Å². The lowest BCUT2D eigenvalue weighted by Crippen LogP contribution is -2.03. The molecule has 0 aliphatic rings. The summed E-state index contributed by atoms with van der Waals surface area (Å²) in [6.45, 7) is 15.8. The minimum atomic E-state index is -0.252. The average Bonchev–Trinajstić information content (AvgIpc) is 2.32. The van der Waals surface area contributed by atoms with Gasteiger partial charge >= 0.3 is 0 Å². The van der Waals surface area contributed by atoms with Crippen molar-refractivity contribution in [3.8, 4) is 0 Å². The third kappa shape index (κ3) is 4.76. The van der Waals surface area contributed by atoms with Crippen LogP contribution in [-0.4, -0.2) is 0 Å². The fourth-order valence-electron chi connectivity index (χ4n) is 1.62. The first-order valence-electron chi connectivity index (χ1n) is 6.50. The zero-order valence-electron chi connectivity index (χ0n) is 12.6.